The Morgan fingerprint density at radius 1 is 1.50 bits per heavy atom. The predicted octanol–water partition coefficient (Wildman–Crippen LogP) is 2.05. The number of aromatic nitrogens is 2. The lowest BCUT2D eigenvalue weighted by atomic mass is 10.0. The molecule has 0 saturated carbocycles. The maximum absolute atomic E-state index is 13.7. The van der Waals surface area contributed by atoms with Gasteiger partial charge in [0.15, 0.2) is 11.6 Å². The second kappa shape index (κ2) is 7.62. The molecule has 0 saturated heterocycles. The number of nitrogens with zero attached hydrogens (tertiary/aromatic N) is 2. The zero-order valence-electron chi connectivity index (χ0n) is 12.2. The zero-order valence-corrected chi connectivity index (χ0v) is 12.2. The van der Waals surface area contributed by atoms with Gasteiger partial charge in [-0.25, -0.2) is 14.2 Å². The van der Waals surface area contributed by atoms with Gasteiger partial charge in [0, 0.05) is 6.54 Å². The van der Waals surface area contributed by atoms with Crippen LogP contribution in [0.25, 0.3) is 0 Å². The number of anilines is 2. The third-order valence-electron chi connectivity index (χ3n) is 2.69. The number of hydrogen-bond donors (Lipinski definition) is 2. The largest absolute Gasteiger partial charge is 0.467 e. The van der Waals surface area contributed by atoms with E-state index in [1.807, 2.05) is 20.8 Å². The number of carbonyl (C=O) groups excluding carboxylic acids is 1. The highest BCUT2D eigenvalue weighted by Gasteiger charge is 2.24. The van der Waals surface area contributed by atoms with Gasteiger partial charge in [-0.2, -0.15) is 4.98 Å². The quantitative estimate of drug-likeness (QED) is 0.746. The summed E-state index contributed by atoms with van der Waals surface area (Å²) in [6, 6.07) is -0.663. The third-order valence-corrected chi connectivity index (χ3v) is 2.69. The summed E-state index contributed by atoms with van der Waals surface area (Å²) in [5, 5.41) is 5.74. The predicted molar refractivity (Wildman–Crippen MR) is 75.0 cm³/mol. The number of rotatable bonds is 7. The van der Waals surface area contributed by atoms with Gasteiger partial charge in [-0.15, -0.1) is 0 Å². The zero-order chi connectivity index (χ0) is 15.1. The van der Waals surface area contributed by atoms with Crippen LogP contribution in [0.4, 0.5) is 16.2 Å². The number of esters is 1. The van der Waals surface area contributed by atoms with Gasteiger partial charge >= 0.3 is 5.97 Å². The molecular weight excluding hydrogens is 263 g/mol. The van der Waals surface area contributed by atoms with Crippen LogP contribution in [0.1, 0.15) is 27.2 Å². The van der Waals surface area contributed by atoms with Crippen molar-refractivity contribution < 1.29 is 13.9 Å². The molecule has 0 radical (unpaired) electrons. The minimum absolute atomic E-state index is 0.0114. The van der Waals surface area contributed by atoms with E-state index in [2.05, 4.69) is 20.6 Å². The topological polar surface area (TPSA) is 76.1 Å². The molecule has 20 heavy (non-hydrogen) atoms. The summed E-state index contributed by atoms with van der Waals surface area (Å²) in [6.45, 7) is 6.37. The lowest BCUT2D eigenvalue weighted by Gasteiger charge is -2.20. The third kappa shape index (κ3) is 4.32. The molecule has 0 aliphatic heterocycles. The van der Waals surface area contributed by atoms with Crippen LogP contribution >= 0.6 is 0 Å². The molecular formula is C13H21FN4O2. The molecule has 112 valence electrons. The number of nitrogens with one attached hydrogen (secondary N) is 2. The van der Waals surface area contributed by atoms with Crippen molar-refractivity contribution in [2.45, 2.75) is 33.2 Å². The minimum atomic E-state index is -0.663. The maximum Gasteiger partial charge on any atom is 0.328 e. The van der Waals surface area contributed by atoms with E-state index < -0.39 is 17.8 Å². The van der Waals surface area contributed by atoms with E-state index in [1.165, 1.54) is 7.11 Å². The van der Waals surface area contributed by atoms with Crippen molar-refractivity contribution in [2.24, 2.45) is 5.92 Å². The fourth-order valence-electron chi connectivity index (χ4n) is 1.56. The highest BCUT2D eigenvalue weighted by molar-refractivity contribution is 5.79. The molecule has 1 heterocycles. The number of hydrogen-bond acceptors (Lipinski definition) is 6. The second-order valence-corrected chi connectivity index (χ2v) is 4.71. The number of methoxy groups -OCH3 is 1. The van der Waals surface area contributed by atoms with Gasteiger partial charge in [-0.3, -0.25) is 0 Å². The van der Waals surface area contributed by atoms with Crippen LogP contribution in [0.2, 0.25) is 0 Å². The minimum Gasteiger partial charge on any atom is -0.467 e. The van der Waals surface area contributed by atoms with Crippen LogP contribution in [0.15, 0.2) is 6.20 Å². The lowest BCUT2D eigenvalue weighted by molar-refractivity contribution is -0.142. The molecule has 1 aromatic rings. The first-order valence-electron chi connectivity index (χ1n) is 6.60. The van der Waals surface area contributed by atoms with Crippen molar-refractivity contribution in [3.8, 4) is 0 Å². The molecule has 0 fully saturated rings. The first kappa shape index (κ1) is 16.1. The monoisotopic (exact) mass is 284 g/mol. The Morgan fingerprint density at radius 2 is 2.20 bits per heavy atom. The van der Waals surface area contributed by atoms with Gasteiger partial charge in [0.05, 0.1) is 13.3 Å². The molecule has 2 N–H and O–H groups in total. The average Bonchev–Trinajstić information content (AvgIpc) is 2.43. The molecule has 0 amide bonds. The first-order valence-corrected chi connectivity index (χ1v) is 6.60. The van der Waals surface area contributed by atoms with Gasteiger partial charge < -0.3 is 15.4 Å². The molecule has 7 heteroatoms. The highest BCUT2D eigenvalue weighted by atomic mass is 19.1. The first-order chi connectivity index (χ1) is 9.49. The smallest absolute Gasteiger partial charge is 0.328 e. The Labute approximate surface area is 118 Å². The SMILES string of the molecule is CCCNc1ncc(F)c(NC(C(=O)OC)C(C)C)n1. The number of halogens is 1. The standard InChI is InChI=1S/C13H21FN4O2/c1-5-6-15-13-16-7-9(14)11(18-13)17-10(8(2)3)12(19)20-4/h7-8,10H,5-6H2,1-4H3,(H2,15,16,17,18). The van der Waals surface area contributed by atoms with Crippen molar-refractivity contribution in [3.05, 3.63) is 12.0 Å². The number of ether oxygens (including phenoxy) is 1. The summed E-state index contributed by atoms with van der Waals surface area (Å²) < 4.78 is 18.4. The van der Waals surface area contributed by atoms with Crippen molar-refractivity contribution >= 4 is 17.7 Å². The summed E-state index contributed by atoms with van der Waals surface area (Å²) in [4.78, 5) is 19.5. The molecule has 0 aliphatic carbocycles. The fraction of sp³-hybridized carbons (Fsp3) is 0.615. The molecule has 6 nitrogen and oxygen atoms in total. The molecule has 0 aliphatic rings. The summed E-state index contributed by atoms with van der Waals surface area (Å²) in [7, 11) is 1.30. The normalized spacial score (nSPS) is 12.1. The molecule has 0 aromatic carbocycles. The Balaban J connectivity index is 2.90. The Bertz CT molecular complexity index is 454. The van der Waals surface area contributed by atoms with Gasteiger partial charge in [0.25, 0.3) is 0 Å². The maximum atomic E-state index is 13.7. The van der Waals surface area contributed by atoms with E-state index in [9.17, 15) is 9.18 Å². The van der Waals surface area contributed by atoms with Crippen molar-refractivity contribution in [1.29, 1.82) is 0 Å². The summed E-state index contributed by atoms with van der Waals surface area (Å²) in [6.07, 6.45) is 1.97. The Morgan fingerprint density at radius 3 is 2.75 bits per heavy atom. The van der Waals surface area contributed by atoms with Gasteiger partial charge in [0.1, 0.15) is 6.04 Å². The summed E-state index contributed by atoms with van der Waals surface area (Å²) >= 11 is 0. The van der Waals surface area contributed by atoms with E-state index in [4.69, 9.17) is 4.74 Å². The second-order valence-electron chi connectivity index (χ2n) is 4.71. The Hall–Kier alpha value is -1.92. The lowest BCUT2D eigenvalue weighted by Crippen LogP contribution is -2.36. The van der Waals surface area contributed by atoms with Crippen molar-refractivity contribution in [3.63, 3.8) is 0 Å². The van der Waals surface area contributed by atoms with Crippen LogP contribution in [0, 0.1) is 11.7 Å². The van der Waals surface area contributed by atoms with E-state index in [1.54, 1.807) is 0 Å². The Kier molecular flexibility index (Phi) is 6.14. The summed E-state index contributed by atoms with van der Waals surface area (Å²) in [5.74, 6) is -0.822. The molecule has 1 rings (SSSR count). The fourth-order valence-corrected chi connectivity index (χ4v) is 1.56. The van der Waals surface area contributed by atoms with Crippen LogP contribution in [0.3, 0.4) is 0 Å². The van der Waals surface area contributed by atoms with E-state index >= 15 is 0 Å². The number of carbonyl (C=O) groups is 1. The average molecular weight is 284 g/mol. The van der Waals surface area contributed by atoms with E-state index in [0.717, 1.165) is 12.6 Å². The molecule has 1 atom stereocenters. The van der Waals surface area contributed by atoms with Crippen LogP contribution < -0.4 is 10.6 Å². The molecule has 0 bridgehead atoms. The molecule has 0 spiro atoms. The van der Waals surface area contributed by atoms with Crippen LogP contribution in [-0.4, -0.2) is 35.6 Å². The van der Waals surface area contributed by atoms with Crippen LogP contribution in [0.5, 0.6) is 0 Å². The van der Waals surface area contributed by atoms with Gasteiger partial charge in [-0.05, 0) is 12.3 Å². The highest BCUT2D eigenvalue weighted by Crippen LogP contribution is 2.16. The molecule has 1 unspecified atom stereocenters. The van der Waals surface area contributed by atoms with Gasteiger partial charge in [-0.1, -0.05) is 20.8 Å². The molecule has 1 aromatic heterocycles. The van der Waals surface area contributed by atoms with E-state index in [0.29, 0.717) is 12.5 Å². The van der Waals surface area contributed by atoms with Crippen molar-refractivity contribution in [2.75, 3.05) is 24.3 Å². The van der Waals surface area contributed by atoms with Crippen LogP contribution in [-0.2, 0) is 9.53 Å². The van der Waals surface area contributed by atoms with Gasteiger partial charge in [0.2, 0.25) is 5.95 Å². The van der Waals surface area contributed by atoms with Crippen molar-refractivity contribution in [1.82, 2.24) is 9.97 Å². The van der Waals surface area contributed by atoms with E-state index in [-0.39, 0.29) is 11.7 Å². The summed E-state index contributed by atoms with van der Waals surface area (Å²) in [5.41, 5.74) is 0.